The van der Waals surface area contributed by atoms with E-state index in [0.717, 1.165) is 51.4 Å². The molecule has 3 atom stereocenters. The molecule has 0 saturated carbocycles. The second-order valence-corrected chi connectivity index (χ2v) is 16.5. The van der Waals surface area contributed by atoms with Gasteiger partial charge in [-0.05, 0) is 38.2 Å². The largest absolute Gasteiger partial charge is 0.458 e. The number of hydrogen-bond donors (Lipinski definition) is 3. The molecular weight excluding hydrogens is 683 g/mol. The van der Waals surface area contributed by atoms with Gasteiger partial charge in [-0.25, -0.2) is 0 Å². The summed E-state index contributed by atoms with van der Waals surface area (Å²) in [6.45, 7) is 6.44. The maximum absolute atomic E-state index is 13.1. The number of hydrogen-bond acceptors (Lipinski definition) is 5. The Labute approximate surface area is 341 Å². The monoisotopic (exact) mass is 776 g/mol. The van der Waals surface area contributed by atoms with Crippen LogP contribution >= 0.6 is 0 Å². The van der Waals surface area contributed by atoms with Crippen LogP contribution in [0.3, 0.4) is 0 Å². The number of aliphatic hydroxyl groups is 2. The molecular formula is C49H93NO5. The van der Waals surface area contributed by atoms with Crippen molar-refractivity contribution in [3.05, 3.63) is 24.3 Å². The molecule has 324 valence electrons. The average Bonchev–Trinajstić information content (AvgIpc) is 3.18. The fraction of sp³-hybridized carbons (Fsp3) is 0.878. The van der Waals surface area contributed by atoms with Crippen molar-refractivity contribution in [1.82, 2.24) is 5.32 Å². The molecule has 6 nitrogen and oxygen atoms in total. The zero-order valence-corrected chi connectivity index (χ0v) is 36.8. The Morgan fingerprint density at radius 3 is 1.42 bits per heavy atom. The summed E-state index contributed by atoms with van der Waals surface area (Å²) in [7, 11) is 0. The van der Waals surface area contributed by atoms with Gasteiger partial charge in [0.25, 0.3) is 0 Å². The van der Waals surface area contributed by atoms with Gasteiger partial charge in [0, 0.05) is 6.42 Å². The molecule has 3 N–H and O–H groups in total. The Hall–Kier alpha value is -1.66. The molecule has 6 heteroatoms. The minimum absolute atomic E-state index is 0.0237. The van der Waals surface area contributed by atoms with Crippen LogP contribution in [0.25, 0.3) is 0 Å². The predicted molar refractivity (Wildman–Crippen MR) is 236 cm³/mol. The summed E-state index contributed by atoms with van der Waals surface area (Å²) in [6.07, 6.45) is 48.4. The third kappa shape index (κ3) is 39.0. The van der Waals surface area contributed by atoms with Gasteiger partial charge in [0.15, 0.2) is 0 Å². The number of allylic oxidation sites excluding steroid dienone is 3. The van der Waals surface area contributed by atoms with E-state index in [9.17, 15) is 19.8 Å². The number of esters is 1. The number of carbonyl (C=O) groups is 2. The van der Waals surface area contributed by atoms with Crippen LogP contribution in [0.15, 0.2) is 24.3 Å². The lowest BCUT2D eigenvalue weighted by Gasteiger charge is -2.23. The van der Waals surface area contributed by atoms with E-state index in [2.05, 4.69) is 38.2 Å². The van der Waals surface area contributed by atoms with Crippen molar-refractivity contribution < 1.29 is 24.5 Å². The third-order valence-corrected chi connectivity index (χ3v) is 11.0. The van der Waals surface area contributed by atoms with Gasteiger partial charge in [-0.15, -0.1) is 0 Å². The van der Waals surface area contributed by atoms with Crippen molar-refractivity contribution >= 4 is 11.9 Å². The Kier molecular flexibility index (Phi) is 42.2. The molecule has 0 aromatic carbocycles. The quantitative estimate of drug-likeness (QED) is 0.0326. The standard InChI is InChI=1S/C49H93NO5/c1-4-7-10-13-16-19-22-24-26-29-32-35-38-41-47(52)46(44-51)50-48(53)43-45(40-37-34-31-28-25-21-18-15-12-9-6-3)55-49(54)42-39-36-33-30-27-23-20-17-14-11-8-5-2/h28,31,37,40,45-47,51-52H,4-27,29-30,32-36,38-39,41-44H2,1-3H3,(H,50,53)/b31-28-,40-37+. The molecule has 0 rings (SSSR count). The highest BCUT2D eigenvalue weighted by Crippen LogP contribution is 2.16. The van der Waals surface area contributed by atoms with Gasteiger partial charge < -0.3 is 20.3 Å². The maximum Gasteiger partial charge on any atom is 0.306 e. The highest BCUT2D eigenvalue weighted by molar-refractivity contribution is 5.78. The maximum atomic E-state index is 13.1. The third-order valence-electron chi connectivity index (χ3n) is 11.0. The van der Waals surface area contributed by atoms with Crippen LogP contribution in [0.4, 0.5) is 0 Å². The van der Waals surface area contributed by atoms with Gasteiger partial charge in [-0.1, -0.05) is 225 Å². The Morgan fingerprint density at radius 2 is 0.964 bits per heavy atom. The van der Waals surface area contributed by atoms with E-state index in [-0.39, 0.29) is 24.9 Å². The molecule has 55 heavy (non-hydrogen) atoms. The number of unbranched alkanes of at least 4 members (excludes halogenated alkanes) is 29. The molecule has 0 aromatic rings. The fourth-order valence-electron chi connectivity index (χ4n) is 7.34. The second-order valence-electron chi connectivity index (χ2n) is 16.5. The molecule has 0 aromatic heterocycles. The minimum atomic E-state index is -0.805. The van der Waals surface area contributed by atoms with Crippen molar-refractivity contribution in [3.8, 4) is 0 Å². The summed E-state index contributed by atoms with van der Waals surface area (Å²) in [5, 5.41) is 23.6. The Morgan fingerprint density at radius 1 is 0.545 bits per heavy atom. The van der Waals surface area contributed by atoms with Crippen LogP contribution in [0.1, 0.15) is 252 Å². The molecule has 0 spiro atoms. The van der Waals surface area contributed by atoms with Crippen molar-refractivity contribution in [1.29, 1.82) is 0 Å². The van der Waals surface area contributed by atoms with E-state index in [1.807, 2.05) is 12.2 Å². The van der Waals surface area contributed by atoms with Crippen LogP contribution in [-0.2, 0) is 14.3 Å². The minimum Gasteiger partial charge on any atom is -0.458 e. The van der Waals surface area contributed by atoms with Gasteiger partial charge in [0.1, 0.15) is 6.10 Å². The number of amides is 1. The first kappa shape index (κ1) is 53.3. The van der Waals surface area contributed by atoms with Crippen molar-refractivity contribution in [3.63, 3.8) is 0 Å². The summed E-state index contributed by atoms with van der Waals surface area (Å²) in [4.78, 5) is 25.9. The van der Waals surface area contributed by atoms with E-state index in [0.29, 0.717) is 12.8 Å². The van der Waals surface area contributed by atoms with Gasteiger partial charge in [-0.3, -0.25) is 9.59 Å². The van der Waals surface area contributed by atoms with Crippen LogP contribution in [0.5, 0.6) is 0 Å². The first-order valence-electron chi connectivity index (χ1n) is 24.1. The molecule has 0 bridgehead atoms. The van der Waals surface area contributed by atoms with E-state index in [1.54, 1.807) is 0 Å². The summed E-state index contributed by atoms with van der Waals surface area (Å²) in [5.41, 5.74) is 0. The van der Waals surface area contributed by atoms with Gasteiger partial charge in [0.05, 0.1) is 25.2 Å². The van der Waals surface area contributed by atoms with Crippen LogP contribution in [0, 0.1) is 0 Å². The summed E-state index contributed by atoms with van der Waals surface area (Å²) >= 11 is 0. The van der Waals surface area contributed by atoms with Crippen LogP contribution in [0.2, 0.25) is 0 Å². The lowest BCUT2D eigenvalue weighted by atomic mass is 10.0. The van der Waals surface area contributed by atoms with E-state index >= 15 is 0 Å². The lowest BCUT2D eigenvalue weighted by molar-refractivity contribution is -0.148. The molecule has 0 heterocycles. The van der Waals surface area contributed by atoms with Crippen molar-refractivity contribution in [2.75, 3.05) is 6.61 Å². The average molecular weight is 776 g/mol. The fourth-order valence-corrected chi connectivity index (χ4v) is 7.34. The van der Waals surface area contributed by atoms with Gasteiger partial charge >= 0.3 is 5.97 Å². The summed E-state index contributed by atoms with van der Waals surface area (Å²) < 4.78 is 5.81. The molecule has 0 radical (unpaired) electrons. The molecule has 3 unspecified atom stereocenters. The first-order valence-corrected chi connectivity index (χ1v) is 24.1. The van der Waals surface area contributed by atoms with E-state index in [1.165, 1.54) is 161 Å². The highest BCUT2D eigenvalue weighted by Gasteiger charge is 2.23. The van der Waals surface area contributed by atoms with Gasteiger partial charge in [0.2, 0.25) is 5.91 Å². The highest BCUT2D eigenvalue weighted by atomic mass is 16.5. The van der Waals surface area contributed by atoms with Crippen LogP contribution < -0.4 is 5.32 Å². The van der Waals surface area contributed by atoms with E-state index in [4.69, 9.17) is 4.74 Å². The van der Waals surface area contributed by atoms with Gasteiger partial charge in [-0.2, -0.15) is 0 Å². The molecule has 0 aliphatic rings. The first-order chi connectivity index (χ1) is 27.0. The molecule has 0 saturated heterocycles. The zero-order valence-electron chi connectivity index (χ0n) is 36.8. The molecule has 1 amide bonds. The predicted octanol–water partition coefficient (Wildman–Crippen LogP) is 14.0. The molecule has 0 fully saturated rings. The number of aliphatic hydroxyl groups excluding tert-OH is 2. The van der Waals surface area contributed by atoms with E-state index < -0.39 is 18.2 Å². The van der Waals surface area contributed by atoms with Crippen molar-refractivity contribution in [2.24, 2.45) is 0 Å². The topological polar surface area (TPSA) is 95.9 Å². The molecule has 0 aliphatic carbocycles. The smallest absolute Gasteiger partial charge is 0.306 e. The SMILES string of the molecule is CCCCCCCC/C=C\C/C=C/C(CC(=O)NC(CO)C(O)CCCCCCCCCCCCCCC)OC(=O)CCCCCCCCCCCCCC. The summed E-state index contributed by atoms with van der Waals surface area (Å²) in [5.74, 6) is -0.593. The van der Waals surface area contributed by atoms with Crippen LogP contribution in [-0.4, -0.2) is 46.9 Å². The number of nitrogens with one attached hydrogen (secondary N) is 1. The lowest BCUT2D eigenvalue weighted by Crippen LogP contribution is -2.46. The molecule has 0 aliphatic heterocycles. The normalized spacial score (nSPS) is 13.5. The number of rotatable bonds is 43. The van der Waals surface area contributed by atoms with Crippen molar-refractivity contribution in [2.45, 2.75) is 270 Å². The second kappa shape index (κ2) is 43.5. The summed E-state index contributed by atoms with van der Waals surface area (Å²) in [6, 6.07) is -0.726. The zero-order chi connectivity index (χ0) is 40.3. The Balaban J connectivity index is 4.61. The number of ether oxygens (including phenoxy) is 1. The Bertz CT molecular complexity index is 873. The number of carbonyl (C=O) groups excluding carboxylic acids is 2.